The third kappa shape index (κ3) is 3.27. The number of fused-ring (bicyclic) bond motifs is 2. The van der Waals surface area contributed by atoms with Gasteiger partial charge in [0.25, 0.3) is 5.91 Å². The number of nitrogens with one attached hydrogen (secondary N) is 1. The Hall–Kier alpha value is -2.02. The monoisotopic (exact) mass is 456 g/mol. The molecule has 1 N–H and O–H groups in total. The van der Waals surface area contributed by atoms with Crippen molar-refractivity contribution in [3.05, 3.63) is 59.1 Å². The van der Waals surface area contributed by atoms with Crippen molar-refractivity contribution in [2.45, 2.75) is 36.8 Å². The summed E-state index contributed by atoms with van der Waals surface area (Å²) in [5.74, 6) is 0.665. The Morgan fingerprint density at radius 1 is 1.10 bits per heavy atom. The Morgan fingerprint density at radius 2 is 1.84 bits per heavy atom. The largest absolute Gasteiger partial charge is 0.317 e. The lowest BCUT2D eigenvalue weighted by molar-refractivity contribution is -0.904. The number of amides is 2. The van der Waals surface area contributed by atoms with Crippen molar-refractivity contribution in [2.75, 3.05) is 29.6 Å². The van der Waals surface area contributed by atoms with Gasteiger partial charge in [0.2, 0.25) is 10.8 Å². The topological polar surface area (TPSA) is 45.1 Å². The van der Waals surface area contributed by atoms with Gasteiger partial charge in [-0.2, -0.15) is 0 Å². The van der Waals surface area contributed by atoms with E-state index in [0.717, 1.165) is 30.3 Å². The molecule has 3 aliphatic rings. The van der Waals surface area contributed by atoms with Gasteiger partial charge in [0.15, 0.2) is 6.67 Å². The summed E-state index contributed by atoms with van der Waals surface area (Å²) < 4.78 is 0. The van der Waals surface area contributed by atoms with Crippen LogP contribution in [-0.2, 0) is 14.5 Å². The van der Waals surface area contributed by atoms with Crippen LogP contribution in [0, 0.1) is 5.92 Å². The fraction of sp³-hybridized carbons (Fsp3) is 0.417. The number of nitrogens with zero attached hydrogens (tertiary/aromatic N) is 2. The van der Waals surface area contributed by atoms with Crippen LogP contribution in [0.15, 0.2) is 48.5 Å². The summed E-state index contributed by atoms with van der Waals surface area (Å²) in [6.07, 6.45) is 2.37. The highest BCUT2D eigenvalue weighted by Gasteiger charge is 2.63. The highest BCUT2D eigenvalue weighted by molar-refractivity contribution is 8.03. The molecule has 2 aromatic rings. The SMILES string of the molecule is CC1CC[NH+](CN2C(=O)C3(SC(C)C(=O)N3c3cccc(Cl)c3)c3ccccc32)CC1. The van der Waals surface area contributed by atoms with Gasteiger partial charge in [0.05, 0.1) is 24.0 Å². The molecule has 3 aliphatic heterocycles. The summed E-state index contributed by atoms with van der Waals surface area (Å²) in [5, 5.41) is 0.228. The van der Waals surface area contributed by atoms with Crippen LogP contribution in [0.3, 0.4) is 0 Å². The van der Waals surface area contributed by atoms with Gasteiger partial charge >= 0.3 is 0 Å². The van der Waals surface area contributed by atoms with Crippen molar-refractivity contribution in [1.82, 2.24) is 0 Å². The van der Waals surface area contributed by atoms with E-state index in [1.165, 1.54) is 29.5 Å². The van der Waals surface area contributed by atoms with Gasteiger partial charge in [-0.25, -0.2) is 0 Å². The molecule has 0 aromatic heterocycles. The zero-order valence-corrected chi connectivity index (χ0v) is 19.4. The molecular formula is C24H27ClN3O2S+. The Morgan fingerprint density at radius 3 is 2.58 bits per heavy atom. The number of likely N-dealkylation sites (tertiary alicyclic amines) is 1. The third-order valence-electron chi connectivity index (χ3n) is 6.75. The first-order valence-corrected chi connectivity index (χ1v) is 12.2. The first-order valence-electron chi connectivity index (χ1n) is 10.9. The fourth-order valence-electron chi connectivity index (χ4n) is 5.06. The summed E-state index contributed by atoms with van der Waals surface area (Å²) in [6, 6.07) is 15.2. The molecule has 2 amide bonds. The van der Waals surface area contributed by atoms with Crippen LogP contribution in [0.25, 0.3) is 0 Å². The minimum atomic E-state index is -1.08. The molecule has 2 unspecified atom stereocenters. The lowest BCUT2D eigenvalue weighted by Crippen LogP contribution is -3.14. The molecule has 0 aliphatic carbocycles. The molecule has 2 aromatic carbocycles. The van der Waals surface area contributed by atoms with E-state index >= 15 is 0 Å². The van der Waals surface area contributed by atoms with Crippen molar-refractivity contribution in [3.8, 4) is 0 Å². The predicted octanol–water partition coefficient (Wildman–Crippen LogP) is 3.28. The number of piperidine rings is 1. The van der Waals surface area contributed by atoms with E-state index < -0.39 is 4.87 Å². The molecule has 0 saturated carbocycles. The quantitative estimate of drug-likeness (QED) is 0.770. The number of hydrogen-bond donors (Lipinski definition) is 1. The van der Waals surface area contributed by atoms with Crippen molar-refractivity contribution >= 4 is 46.6 Å². The highest BCUT2D eigenvalue weighted by Crippen LogP contribution is 2.57. The molecule has 0 bridgehead atoms. The number of para-hydroxylation sites is 1. The van der Waals surface area contributed by atoms with E-state index in [1.807, 2.05) is 48.2 Å². The van der Waals surface area contributed by atoms with Crippen molar-refractivity contribution in [2.24, 2.45) is 5.92 Å². The third-order valence-corrected chi connectivity index (χ3v) is 8.46. The standard InChI is InChI=1S/C24H26ClN3O2S/c1-16-10-12-26(13-11-16)15-27-21-9-4-3-8-20(21)24(23(27)30)28(22(29)17(2)31-24)19-7-5-6-18(25)14-19/h3-9,14,16-17H,10-13,15H2,1-2H3/p+1. The van der Waals surface area contributed by atoms with E-state index in [0.29, 0.717) is 17.4 Å². The van der Waals surface area contributed by atoms with Crippen LogP contribution in [0.5, 0.6) is 0 Å². The van der Waals surface area contributed by atoms with Crippen LogP contribution in [0.1, 0.15) is 32.3 Å². The molecule has 2 atom stereocenters. The van der Waals surface area contributed by atoms with Gasteiger partial charge in [0.1, 0.15) is 0 Å². The Labute approximate surface area is 192 Å². The van der Waals surface area contributed by atoms with Crippen molar-refractivity contribution in [1.29, 1.82) is 0 Å². The van der Waals surface area contributed by atoms with E-state index in [-0.39, 0.29) is 17.1 Å². The Kier molecular flexibility index (Phi) is 5.27. The van der Waals surface area contributed by atoms with Crippen LogP contribution in [-0.4, -0.2) is 36.8 Å². The number of thioether (sulfide) groups is 1. The van der Waals surface area contributed by atoms with Gasteiger partial charge in [-0.3, -0.25) is 19.4 Å². The van der Waals surface area contributed by atoms with Crippen molar-refractivity contribution in [3.63, 3.8) is 0 Å². The predicted molar refractivity (Wildman–Crippen MR) is 126 cm³/mol. The van der Waals surface area contributed by atoms with Gasteiger partial charge in [-0.15, -0.1) is 11.8 Å². The second-order valence-corrected chi connectivity index (χ2v) is 10.9. The zero-order valence-electron chi connectivity index (χ0n) is 17.8. The molecule has 2 saturated heterocycles. The number of hydrogen-bond acceptors (Lipinski definition) is 3. The molecule has 2 fully saturated rings. The molecule has 162 valence electrons. The normalized spacial score (nSPS) is 30.4. The number of rotatable bonds is 3. The van der Waals surface area contributed by atoms with E-state index in [1.54, 1.807) is 17.0 Å². The number of carbonyl (C=O) groups excluding carboxylic acids is 2. The van der Waals surface area contributed by atoms with Crippen LogP contribution >= 0.6 is 23.4 Å². The summed E-state index contributed by atoms with van der Waals surface area (Å²) in [7, 11) is 0. The molecule has 31 heavy (non-hydrogen) atoms. The van der Waals surface area contributed by atoms with Gasteiger partial charge in [-0.05, 0) is 49.9 Å². The summed E-state index contributed by atoms with van der Waals surface area (Å²) >= 11 is 7.71. The lowest BCUT2D eigenvalue weighted by atomic mass is 10.00. The fourth-order valence-corrected chi connectivity index (χ4v) is 6.78. The molecule has 5 rings (SSSR count). The minimum absolute atomic E-state index is 0.0255. The molecule has 7 heteroatoms. The maximum atomic E-state index is 14.1. The zero-order chi connectivity index (χ0) is 21.8. The highest BCUT2D eigenvalue weighted by atomic mass is 35.5. The smallest absolute Gasteiger partial charge is 0.273 e. The first-order chi connectivity index (χ1) is 14.9. The number of benzene rings is 2. The summed E-state index contributed by atoms with van der Waals surface area (Å²) in [6.45, 7) is 6.96. The maximum Gasteiger partial charge on any atom is 0.273 e. The number of carbonyl (C=O) groups is 2. The number of halogens is 1. The first kappa shape index (κ1) is 20.9. The van der Waals surface area contributed by atoms with E-state index in [9.17, 15) is 9.59 Å². The van der Waals surface area contributed by atoms with Gasteiger partial charge < -0.3 is 4.90 Å². The Balaban J connectivity index is 1.59. The van der Waals surface area contributed by atoms with Crippen LogP contribution < -0.4 is 14.7 Å². The number of anilines is 2. The maximum absolute atomic E-state index is 14.1. The second-order valence-electron chi connectivity index (χ2n) is 8.90. The van der Waals surface area contributed by atoms with Crippen LogP contribution in [0.4, 0.5) is 11.4 Å². The molecule has 3 heterocycles. The molecule has 0 radical (unpaired) electrons. The van der Waals surface area contributed by atoms with Gasteiger partial charge in [-0.1, -0.05) is 42.8 Å². The Bertz CT molecular complexity index is 1040. The second kappa shape index (κ2) is 7.84. The van der Waals surface area contributed by atoms with Gasteiger partial charge in [0, 0.05) is 16.3 Å². The average molecular weight is 457 g/mol. The van der Waals surface area contributed by atoms with Crippen LogP contribution in [0.2, 0.25) is 5.02 Å². The minimum Gasteiger partial charge on any atom is -0.317 e. The summed E-state index contributed by atoms with van der Waals surface area (Å²) in [5.41, 5.74) is 2.48. The molecular weight excluding hydrogens is 430 g/mol. The summed E-state index contributed by atoms with van der Waals surface area (Å²) in [4.78, 5) is 31.4. The molecule has 5 nitrogen and oxygen atoms in total. The average Bonchev–Trinajstić information content (AvgIpc) is 3.16. The number of quaternary nitrogens is 1. The molecule has 1 spiro atoms. The van der Waals surface area contributed by atoms with E-state index in [2.05, 4.69) is 6.92 Å². The van der Waals surface area contributed by atoms with E-state index in [4.69, 9.17) is 11.6 Å². The lowest BCUT2D eigenvalue weighted by Gasteiger charge is -2.34. The van der Waals surface area contributed by atoms with Crippen molar-refractivity contribution < 1.29 is 14.5 Å².